The Balaban J connectivity index is 2.22. The van der Waals surface area contributed by atoms with Crippen molar-refractivity contribution in [3.8, 4) is 11.8 Å². The summed E-state index contributed by atoms with van der Waals surface area (Å²) in [5.41, 5.74) is -0.131. The highest BCUT2D eigenvalue weighted by Gasteiger charge is 2.19. The van der Waals surface area contributed by atoms with Gasteiger partial charge in [-0.15, -0.1) is 0 Å². The van der Waals surface area contributed by atoms with E-state index in [0.717, 1.165) is 0 Å². The third-order valence-electron chi connectivity index (χ3n) is 2.79. The van der Waals surface area contributed by atoms with Crippen LogP contribution in [0.3, 0.4) is 0 Å². The van der Waals surface area contributed by atoms with Crippen LogP contribution in [0.4, 0.5) is 0 Å². The number of hydrogen-bond acceptors (Lipinski definition) is 2. The number of carbonyl (C=O) groups is 1. The summed E-state index contributed by atoms with van der Waals surface area (Å²) in [5, 5.41) is 10.3. The molecule has 0 radical (unpaired) electrons. The Kier molecular flexibility index (Phi) is 3.79. The molecule has 0 bridgehead atoms. The fourth-order valence-corrected chi connectivity index (χ4v) is 1.68. The molecule has 2 aromatic carbocycles. The minimum atomic E-state index is -1.33. The van der Waals surface area contributed by atoms with E-state index in [2.05, 4.69) is 11.8 Å². The van der Waals surface area contributed by atoms with E-state index in [9.17, 15) is 9.90 Å². The van der Waals surface area contributed by atoms with E-state index in [1.54, 1.807) is 43.3 Å². The largest absolute Gasteiger partial charge is 0.374 e. The molecule has 0 amide bonds. The molecule has 2 aromatic rings. The lowest BCUT2D eigenvalue weighted by Crippen LogP contribution is -2.18. The average molecular weight is 250 g/mol. The first kappa shape index (κ1) is 13.1. The Labute approximate surface area is 112 Å². The van der Waals surface area contributed by atoms with Crippen LogP contribution in [0, 0.1) is 11.8 Å². The molecule has 19 heavy (non-hydrogen) atoms. The van der Waals surface area contributed by atoms with Gasteiger partial charge in [-0.05, 0) is 18.4 Å². The zero-order valence-corrected chi connectivity index (χ0v) is 10.6. The second-order valence-corrected chi connectivity index (χ2v) is 4.38. The Morgan fingerprint density at radius 1 is 1.00 bits per heavy atom. The van der Waals surface area contributed by atoms with Crippen molar-refractivity contribution < 1.29 is 9.90 Å². The lowest BCUT2D eigenvalue weighted by molar-refractivity contribution is 0.104. The number of Topliss-reactive ketones (excluding diaryl/α,β-unsaturated/α-hetero) is 1. The molecule has 94 valence electrons. The highest BCUT2D eigenvalue weighted by molar-refractivity contribution is 6.09. The summed E-state index contributed by atoms with van der Waals surface area (Å²) in [6.07, 6.45) is 0. The molecule has 0 saturated heterocycles. The van der Waals surface area contributed by atoms with E-state index in [1.165, 1.54) is 0 Å². The van der Waals surface area contributed by atoms with E-state index in [4.69, 9.17) is 0 Å². The van der Waals surface area contributed by atoms with Gasteiger partial charge in [0.1, 0.15) is 5.60 Å². The SMILES string of the molecule is CC(O)(C#CC(=O)c1ccccc1)c1ccccc1. The van der Waals surface area contributed by atoms with E-state index < -0.39 is 5.60 Å². The monoisotopic (exact) mass is 250 g/mol. The highest BCUT2D eigenvalue weighted by atomic mass is 16.3. The quantitative estimate of drug-likeness (QED) is 0.505. The topological polar surface area (TPSA) is 37.3 Å². The molecule has 0 saturated carbocycles. The van der Waals surface area contributed by atoms with Crippen molar-refractivity contribution in [3.63, 3.8) is 0 Å². The van der Waals surface area contributed by atoms with Gasteiger partial charge in [0.05, 0.1) is 0 Å². The molecule has 1 N–H and O–H groups in total. The van der Waals surface area contributed by atoms with Crippen molar-refractivity contribution in [3.05, 3.63) is 71.8 Å². The summed E-state index contributed by atoms with van der Waals surface area (Å²) in [5.74, 6) is 4.83. The highest BCUT2D eigenvalue weighted by Crippen LogP contribution is 2.18. The number of ketones is 1. The van der Waals surface area contributed by atoms with E-state index >= 15 is 0 Å². The number of rotatable bonds is 2. The first-order valence-electron chi connectivity index (χ1n) is 6.00. The Morgan fingerprint density at radius 2 is 1.53 bits per heavy atom. The van der Waals surface area contributed by atoms with Gasteiger partial charge in [-0.1, -0.05) is 66.6 Å². The summed E-state index contributed by atoms with van der Waals surface area (Å²) in [4.78, 5) is 11.8. The molecule has 0 spiro atoms. The summed E-state index contributed by atoms with van der Waals surface area (Å²) in [6.45, 7) is 1.58. The molecular formula is C17H14O2. The van der Waals surface area contributed by atoms with Gasteiger partial charge in [-0.25, -0.2) is 0 Å². The van der Waals surface area contributed by atoms with Crippen molar-refractivity contribution in [2.45, 2.75) is 12.5 Å². The van der Waals surface area contributed by atoms with Gasteiger partial charge in [0.15, 0.2) is 0 Å². The predicted octanol–water partition coefficient (Wildman–Crippen LogP) is 2.78. The lowest BCUT2D eigenvalue weighted by Gasteiger charge is -2.16. The molecular weight excluding hydrogens is 236 g/mol. The van der Waals surface area contributed by atoms with Crippen LogP contribution in [-0.4, -0.2) is 10.9 Å². The molecule has 0 aliphatic rings. The number of benzene rings is 2. The third kappa shape index (κ3) is 3.31. The molecule has 0 aromatic heterocycles. The molecule has 0 aliphatic heterocycles. The van der Waals surface area contributed by atoms with Crippen LogP contribution in [0.2, 0.25) is 0 Å². The van der Waals surface area contributed by atoms with Crippen LogP contribution >= 0.6 is 0 Å². The maximum atomic E-state index is 11.8. The van der Waals surface area contributed by atoms with Gasteiger partial charge in [0.2, 0.25) is 5.78 Å². The van der Waals surface area contributed by atoms with Gasteiger partial charge < -0.3 is 5.11 Å². The van der Waals surface area contributed by atoms with Crippen LogP contribution in [0.25, 0.3) is 0 Å². The Hall–Kier alpha value is -2.37. The minimum absolute atomic E-state index is 0.295. The van der Waals surface area contributed by atoms with Crippen LogP contribution in [0.1, 0.15) is 22.8 Å². The molecule has 2 rings (SSSR count). The average Bonchev–Trinajstić information content (AvgIpc) is 2.47. The van der Waals surface area contributed by atoms with Gasteiger partial charge in [-0.3, -0.25) is 4.79 Å². The summed E-state index contributed by atoms with van der Waals surface area (Å²) >= 11 is 0. The van der Waals surface area contributed by atoms with Crippen LogP contribution in [0.5, 0.6) is 0 Å². The molecule has 1 atom stereocenters. The van der Waals surface area contributed by atoms with Crippen LogP contribution in [-0.2, 0) is 5.60 Å². The first-order valence-corrected chi connectivity index (χ1v) is 6.00. The molecule has 1 unspecified atom stereocenters. The fraction of sp³-hybridized carbons (Fsp3) is 0.118. The van der Waals surface area contributed by atoms with Crippen molar-refractivity contribution in [1.82, 2.24) is 0 Å². The summed E-state index contributed by atoms with van der Waals surface area (Å²) in [7, 11) is 0. The second kappa shape index (κ2) is 5.51. The van der Waals surface area contributed by atoms with Crippen molar-refractivity contribution in [1.29, 1.82) is 0 Å². The normalized spacial score (nSPS) is 12.9. The van der Waals surface area contributed by atoms with Crippen LogP contribution in [0.15, 0.2) is 60.7 Å². The maximum absolute atomic E-state index is 11.8. The van der Waals surface area contributed by atoms with E-state index in [-0.39, 0.29) is 5.78 Å². The van der Waals surface area contributed by atoms with Gasteiger partial charge in [0, 0.05) is 5.56 Å². The third-order valence-corrected chi connectivity index (χ3v) is 2.79. The Bertz CT molecular complexity index is 617. The van der Waals surface area contributed by atoms with Crippen LogP contribution < -0.4 is 0 Å². The van der Waals surface area contributed by atoms with E-state index in [1.807, 2.05) is 24.3 Å². The summed E-state index contributed by atoms with van der Waals surface area (Å²) in [6, 6.07) is 17.9. The first-order chi connectivity index (χ1) is 9.09. The molecule has 0 fully saturated rings. The lowest BCUT2D eigenvalue weighted by atomic mass is 9.96. The Morgan fingerprint density at radius 3 is 2.11 bits per heavy atom. The molecule has 0 aliphatic carbocycles. The standard InChI is InChI=1S/C17H14O2/c1-17(19,15-10-6-3-7-11-15)13-12-16(18)14-8-4-2-5-9-14/h2-11,19H,1H3. The predicted molar refractivity (Wildman–Crippen MR) is 74.6 cm³/mol. The zero-order valence-electron chi connectivity index (χ0n) is 10.6. The number of aliphatic hydroxyl groups is 1. The molecule has 2 heteroatoms. The summed E-state index contributed by atoms with van der Waals surface area (Å²) < 4.78 is 0. The maximum Gasteiger partial charge on any atom is 0.235 e. The van der Waals surface area contributed by atoms with Crippen molar-refractivity contribution in [2.75, 3.05) is 0 Å². The smallest absolute Gasteiger partial charge is 0.235 e. The minimum Gasteiger partial charge on any atom is -0.374 e. The van der Waals surface area contributed by atoms with E-state index in [0.29, 0.717) is 11.1 Å². The number of carbonyl (C=O) groups excluding carboxylic acids is 1. The molecule has 2 nitrogen and oxygen atoms in total. The van der Waals surface area contributed by atoms with Gasteiger partial charge in [-0.2, -0.15) is 0 Å². The van der Waals surface area contributed by atoms with Crippen molar-refractivity contribution >= 4 is 5.78 Å². The van der Waals surface area contributed by atoms with Gasteiger partial charge in [0.25, 0.3) is 0 Å². The van der Waals surface area contributed by atoms with Crippen molar-refractivity contribution in [2.24, 2.45) is 0 Å². The zero-order chi connectivity index (χ0) is 13.7. The van der Waals surface area contributed by atoms with Gasteiger partial charge >= 0.3 is 0 Å². The second-order valence-electron chi connectivity index (χ2n) is 4.38. The fourth-order valence-electron chi connectivity index (χ4n) is 1.68. The number of hydrogen-bond donors (Lipinski definition) is 1. The molecule has 0 heterocycles.